The van der Waals surface area contributed by atoms with Gasteiger partial charge in [-0.15, -0.1) is 0 Å². The van der Waals surface area contributed by atoms with Crippen molar-refractivity contribution in [2.75, 3.05) is 45.6 Å². The topological polar surface area (TPSA) is 139 Å². The lowest BCUT2D eigenvalue weighted by atomic mass is 9.86. The van der Waals surface area contributed by atoms with Gasteiger partial charge in [0.1, 0.15) is 10.8 Å². The molecule has 1 saturated heterocycles. The maximum Gasteiger partial charge on any atom is 0.290 e. The highest BCUT2D eigenvalue weighted by Gasteiger charge is 2.36. The largest absolute Gasteiger partial charge is 0.483 e. The number of H-pyrrole nitrogens is 1. The fourth-order valence-corrected chi connectivity index (χ4v) is 3.16. The van der Waals surface area contributed by atoms with E-state index in [0.717, 1.165) is 39.0 Å². The highest BCUT2D eigenvalue weighted by molar-refractivity contribution is 6.32. The van der Waals surface area contributed by atoms with Gasteiger partial charge in [0.2, 0.25) is 0 Å². The summed E-state index contributed by atoms with van der Waals surface area (Å²) in [5, 5.41) is 17.2. The number of carboxylic acid groups (broad SMARTS) is 2. The number of carbonyl (C=O) groups is 2. The van der Waals surface area contributed by atoms with Crippen LogP contribution in [0.15, 0.2) is 4.79 Å². The normalized spacial score (nSPS) is 15.5. The zero-order valence-electron chi connectivity index (χ0n) is 16.7. The Balaban J connectivity index is 0.00000108. The van der Waals surface area contributed by atoms with Gasteiger partial charge in [0.25, 0.3) is 18.5 Å². The first-order chi connectivity index (χ1) is 13.2. The Morgan fingerprint density at radius 1 is 1.29 bits per heavy atom. The van der Waals surface area contributed by atoms with Gasteiger partial charge in [-0.05, 0) is 53.5 Å². The average molecular weight is 420 g/mol. The van der Waals surface area contributed by atoms with Gasteiger partial charge in [-0.1, -0.05) is 18.5 Å². The molecule has 11 heteroatoms. The number of likely N-dealkylation sites (tertiary alicyclic amines) is 1. The lowest BCUT2D eigenvalue weighted by Gasteiger charge is -2.46. The number of hydrogen-bond acceptors (Lipinski definition) is 7. The lowest BCUT2D eigenvalue weighted by molar-refractivity contribution is -0.123. The molecular formula is C17H30ClN5O5. The van der Waals surface area contributed by atoms with Crippen molar-refractivity contribution in [3.8, 4) is 0 Å². The first-order valence-corrected chi connectivity index (χ1v) is 9.14. The molecule has 2 rings (SSSR count). The molecule has 0 amide bonds. The predicted molar refractivity (Wildman–Crippen MR) is 108 cm³/mol. The molecule has 4 N–H and O–H groups in total. The van der Waals surface area contributed by atoms with E-state index in [9.17, 15) is 4.79 Å². The zero-order valence-corrected chi connectivity index (χ0v) is 17.5. The van der Waals surface area contributed by atoms with Crippen molar-refractivity contribution in [1.29, 1.82) is 0 Å². The van der Waals surface area contributed by atoms with E-state index in [-0.39, 0.29) is 29.1 Å². The van der Waals surface area contributed by atoms with Crippen LogP contribution in [0.5, 0.6) is 0 Å². The Kier molecular flexibility index (Phi) is 12.1. The van der Waals surface area contributed by atoms with Gasteiger partial charge in [-0.25, -0.2) is 4.98 Å². The molecule has 1 aliphatic heterocycles. The Morgan fingerprint density at radius 3 is 2.21 bits per heavy atom. The molecule has 0 bridgehead atoms. The van der Waals surface area contributed by atoms with Crippen molar-refractivity contribution in [3.05, 3.63) is 21.2 Å². The highest BCUT2D eigenvalue weighted by Crippen LogP contribution is 2.28. The van der Waals surface area contributed by atoms with Gasteiger partial charge >= 0.3 is 0 Å². The number of halogens is 1. The van der Waals surface area contributed by atoms with Crippen molar-refractivity contribution in [3.63, 3.8) is 0 Å². The van der Waals surface area contributed by atoms with Crippen LogP contribution in [-0.4, -0.2) is 88.7 Å². The number of likely N-dealkylation sites (N-methyl/N-ethyl adjacent to an activating group) is 1. The van der Waals surface area contributed by atoms with Gasteiger partial charge in [-0.2, -0.15) is 0 Å². The number of piperidine rings is 1. The standard InChI is InChI=1S/C15H26ClN5O.2CH2O2/c1-5-21-8-6-15(7-9-21,20(3)4)10-17-13-12(16)14(22)19-11(2)18-13;2*2-1-3/h5-10H2,1-4H3,(H2,17,18,19,22);2*1H,(H,2,3). The van der Waals surface area contributed by atoms with Crippen molar-refractivity contribution in [2.24, 2.45) is 0 Å². The van der Waals surface area contributed by atoms with Crippen LogP contribution in [0, 0.1) is 6.92 Å². The summed E-state index contributed by atoms with van der Waals surface area (Å²) in [6.07, 6.45) is 2.17. The number of anilines is 1. The molecule has 28 heavy (non-hydrogen) atoms. The maximum atomic E-state index is 11.7. The van der Waals surface area contributed by atoms with Crippen LogP contribution in [0.25, 0.3) is 0 Å². The van der Waals surface area contributed by atoms with Crippen molar-refractivity contribution >= 4 is 30.4 Å². The first kappa shape index (κ1) is 25.8. The Morgan fingerprint density at radius 2 is 1.79 bits per heavy atom. The van der Waals surface area contributed by atoms with Crippen LogP contribution in [0.3, 0.4) is 0 Å². The molecule has 0 unspecified atom stereocenters. The fraction of sp³-hybridized carbons (Fsp3) is 0.647. The van der Waals surface area contributed by atoms with Gasteiger partial charge in [0.15, 0.2) is 5.82 Å². The molecule has 0 radical (unpaired) electrons. The smallest absolute Gasteiger partial charge is 0.290 e. The van der Waals surface area contributed by atoms with Crippen LogP contribution in [0.1, 0.15) is 25.6 Å². The third-order valence-electron chi connectivity index (χ3n) is 4.75. The molecule has 0 spiro atoms. The van der Waals surface area contributed by atoms with Gasteiger partial charge in [-0.3, -0.25) is 14.4 Å². The highest BCUT2D eigenvalue weighted by atomic mass is 35.5. The number of nitrogens with one attached hydrogen (secondary N) is 2. The molecule has 1 fully saturated rings. The molecular weight excluding hydrogens is 390 g/mol. The molecule has 1 aromatic heterocycles. The summed E-state index contributed by atoms with van der Waals surface area (Å²) >= 11 is 6.06. The van der Waals surface area contributed by atoms with Gasteiger partial charge in [0.05, 0.1) is 0 Å². The summed E-state index contributed by atoms with van der Waals surface area (Å²) in [6, 6.07) is 0. The summed E-state index contributed by atoms with van der Waals surface area (Å²) in [5.74, 6) is 1.04. The fourth-order valence-electron chi connectivity index (χ4n) is 3.00. The van der Waals surface area contributed by atoms with E-state index in [0.29, 0.717) is 11.6 Å². The molecule has 0 aromatic carbocycles. The summed E-state index contributed by atoms with van der Waals surface area (Å²) in [7, 11) is 4.22. The number of nitrogens with zero attached hydrogens (tertiary/aromatic N) is 3. The van der Waals surface area contributed by atoms with E-state index in [1.165, 1.54) is 0 Å². The van der Waals surface area contributed by atoms with Crippen LogP contribution in [0.4, 0.5) is 5.82 Å². The first-order valence-electron chi connectivity index (χ1n) is 8.77. The molecule has 10 nitrogen and oxygen atoms in total. The number of aromatic nitrogens is 2. The molecule has 0 atom stereocenters. The number of rotatable bonds is 5. The SMILES string of the molecule is CCN1CCC(CNc2nc(C)[nH]c(=O)c2Cl)(N(C)C)CC1.O=CO.O=CO. The third-order valence-corrected chi connectivity index (χ3v) is 5.10. The lowest BCUT2D eigenvalue weighted by Crippen LogP contribution is -2.56. The number of hydrogen-bond donors (Lipinski definition) is 4. The van der Waals surface area contributed by atoms with Crippen molar-refractivity contribution < 1.29 is 19.8 Å². The molecule has 0 saturated carbocycles. The quantitative estimate of drug-likeness (QED) is 0.514. The Bertz CT molecular complexity index is 654. The number of aryl methyl sites for hydroxylation is 1. The second-order valence-electron chi connectivity index (χ2n) is 6.43. The summed E-state index contributed by atoms with van der Waals surface area (Å²) < 4.78 is 0. The van der Waals surface area contributed by atoms with E-state index in [4.69, 9.17) is 31.4 Å². The monoisotopic (exact) mass is 419 g/mol. The predicted octanol–water partition coefficient (Wildman–Crippen LogP) is 0.961. The molecule has 1 aromatic rings. The zero-order chi connectivity index (χ0) is 21.7. The second-order valence-corrected chi connectivity index (χ2v) is 6.81. The molecule has 160 valence electrons. The third kappa shape index (κ3) is 7.83. The second kappa shape index (κ2) is 13.1. The van der Waals surface area contributed by atoms with Crippen molar-refractivity contribution in [2.45, 2.75) is 32.2 Å². The van der Waals surface area contributed by atoms with E-state index < -0.39 is 0 Å². The van der Waals surface area contributed by atoms with Crippen LogP contribution in [-0.2, 0) is 9.59 Å². The maximum absolute atomic E-state index is 11.7. The minimum Gasteiger partial charge on any atom is -0.483 e. The molecule has 0 aliphatic carbocycles. The van der Waals surface area contributed by atoms with Crippen molar-refractivity contribution in [1.82, 2.24) is 19.8 Å². The minimum atomic E-state index is -0.295. The van der Waals surface area contributed by atoms with Gasteiger partial charge < -0.3 is 30.3 Å². The van der Waals surface area contributed by atoms with Gasteiger partial charge in [0, 0.05) is 12.1 Å². The van der Waals surface area contributed by atoms with E-state index in [1.807, 2.05) is 0 Å². The van der Waals surface area contributed by atoms with E-state index >= 15 is 0 Å². The van der Waals surface area contributed by atoms with E-state index in [2.05, 4.69) is 46.1 Å². The molecule has 1 aliphatic rings. The summed E-state index contributed by atoms with van der Waals surface area (Å²) in [5.41, 5.74) is -0.232. The van der Waals surface area contributed by atoms with Crippen LogP contribution < -0.4 is 10.9 Å². The van der Waals surface area contributed by atoms with E-state index in [1.54, 1.807) is 6.92 Å². The minimum absolute atomic E-state index is 0.0627. The number of aromatic amines is 1. The molecule has 2 heterocycles. The average Bonchev–Trinajstić information content (AvgIpc) is 2.65. The van der Waals surface area contributed by atoms with Crippen LogP contribution in [0.2, 0.25) is 5.02 Å². The summed E-state index contributed by atoms with van der Waals surface area (Å²) in [4.78, 5) is 40.1. The Hall–Kier alpha value is -2.17. The summed E-state index contributed by atoms with van der Waals surface area (Å²) in [6.45, 7) is 7.45. The van der Waals surface area contributed by atoms with Crippen LogP contribution >= 0.6 is 11.6 Å². The Labute approximate surface area is 169 Å².